The molecule has 2 aromatic carbocycles. The molecule has 0 aromatic heterocycles. The fourth-order valence-corrected chi connectivity index (χ4v) is 5.13. The summed E-state index contributed by atoms with van der Waals surface area (Å²) < 4.78 is 11.1. The highest BCUT2D eigenvalue weighted by atomic mass is 32.2. The summed E-state index contributed by atoms with van der Waals surface area (Å²) in [6.07, 6.45) is 1.80. The van der Waals surface area contributed by atoms with Crippen LogP contribution in [0.5, 0.6) is 5.75 Å². The maximum absolute atomic E-state index is 12.2. The van der Waals surface area contributed by atoms with Crippen molar-refractivity contribution in [2.24, 2.45) is 10.4 Å². The Morgan fingerprint density at radius 1 is 1.12 bits per heavy atom. The van der Waals surface area contributed by atoms with Crippen molar-refractivity contribution in [3.8, 4) is 5.75 Å². The minimum Gasteiger partial charge on any atom is -0.489 e. The molecule has 0 saturated heterocycles. The molecule has 1 aliphatic heterocycles. The van der Waals surface area contributed by atoms with E-state index in [2.05, 4.69) is 31.3 Å². The Labute approximate surface area is 194 Å². The average molecular weight is 451 g/mol. The number of carbonyl (C=O) groups excluding carboxylic acids is 1. The number of carbonyl (C=O) groups is 1. The third-order valence-corrected chi connectivity index (χ3v) is 6.74. The van der Waals surface area contributed by atoms with E-state index in [9.17, 15) is 4.79 Å². The Kier molecular flexibility index (Phi) is 6.89. The van der Waals surface area contributed by atoms with Gasteiger partial charge in [-0.3, -0.25) is 4.99 Å². The lowest BCUT2D eigenvalue weighted by molar-refractivity contribution is -0.143. The fraction of sp³-hybridized carbons (Fsp3) is 0.385. The zero-order valence-corrected chi connectivity index (χ0v) is 19.7. The van der Waals surface area contributed by atoms with E-state index in [0.29, 0.717) is 19.0 Å². The minimum absolute atomic E-state index is 0.0700. The van der Waals surface area contributed by atoms with Crippen LogP contribution in [0.4, 0.5) is 5.69 Å². The summed E-state index contributed by atoms with van der Waals surface area (Å²) in [7, 11) is 0. The van der Waals surface area contributed by atoms with Gasteiger partial charge in [0.25, 0.3) is 0 Å². The summed E-state index contributed by atoms with van der Waals surface area (Å²) in [6.45, 7) is 7.25. The van der Waals surface area contributed by atoms with Gasteiger partial charge >= 0.3 is 5.97 Å². The number of rotatable bonds is 7. The zero-order valence-electron chi connectivity index (χ0n) is 18.9. The molecule has 1 unspecified atom stereocenters. The number of anilines is 1. The van der Waals surface area contributed by atoms with Gasteiger partial charge in [0.05, 0.1) is 12.3 Å². The third-order valence-electron chi connectivity index (χ3n) is 5.49. The van der Waals surface area contributed by atoms with E-state index in [1.165, 1.54) is 10.6 Å². The third kappa shape index (κ3) is 5.54. The van der Waals surface area contributed by atoms with Crippen LogP contribution in [0.3, 0.4) is 0 Å². The highest BCUT2D eigenvalue weighted by Gasteiger charge is 2.36. The molecule has 2 aliphatic rings. The summed E-state index contributed by atoms with van der Waals surface area (Å²) in [6, 6.07) is 17.8. The van der Waals surface area contributed by atoms with Crippen molar-refractivity contribution in [1.82, 2.24) is 0 Å². The monoisotopic (exact) mass is 450 g/mol. The number of nitrogens with zero attached hydrogens (tertiary/aromatic N) is 1. The molecule has 1 heterocycles. The number of esters is 1. The summed E-state index contributed by atoms with van der Waals surface area (Å²) in [5.41, 5.74) is 4.42. The van der Waals surface area contributed by atoms with Gasteiger partial charge in [-0.25, -0.2) is 4.79 Å². The quantitative estimate of drug-likeness (QED) is 0.538. The Balaban J connectivity index is 1.47. The number of hydrogen-bond donors (Lipinski definition) is 1. The van der Waals surface area contributed by atoms with E-state index in [-0.39, 0.29) is 11.4 Å². The second-order valence-corrected chi connectivity index (χ2v) is 9.93. The molecule has 1 N–H and O–H groups in total. The lowest BCUT2D eigenvalue weighted by Crippen LogP contribution is -2.34. The molecule has 32 heavy (non-hydrogen) atoms. The molecule has 0 amide bonds. The number of hydrogen-bond acceptors (Lipinski definition) is 6. The first-order chi connectivity index (χ1) is 15.4. The van der Waals surface area contributed by atoms with Gasteiger partial charge < -0.3 is 14.8 Å². The second-order valence-electron chi connectivity index (χ2n) is 8.90. The predicted molar refractivity (Wildman–Crippen MR) is 131 cm³/mol. The molecule has 2 aromatic rings. The Morgan fingerprint density at radius 3 is 2.59 bits per heavy atom. The molecule has 0 spiro atoms. The smallest absolute Gasteiger partial charge is 0.331 e. The largest absolute Gasteiger partial charge is 0.489 e. The standard InChI is InChI=1S/C26H30N2O3S/c1-4-30-25(29)23-17-32-24-21(14-26(2,3)15-22(24)28-23)27-19-10-12-20(13-11-19)31-16-18-8-6-5-7-9-18/h5-13,23,27H,4,14-17H2,1-3H3. The van der Waals surface area contributed by atoms with Crippen molar-refractivity contribution >= 4 is 29.1 Å². The maximum Gasteiger partial charge on any atom is 0.331 e. The first-order valence-electron chi connectivity index (χ1n) is 11.1. The van der Waals surface area contributed by atoms with Crippen LogP contribution in [0.15, 0.2) is 70.2 Å². The molecule has 0 radical (unpaired) electrons. The topological polar surface area (TPSA) is 59.9 Å². The lowest BCUT2D eigenvalue weighted by Gasteiger charge is -2.36. The van der Waals surface area contributed by atoms with E-state index < -0.39 is 6.04 Å². The van der Waals surface area contributed by atoms with Gasteiger partial charge in [0.1, 0.15) is 12.4 Å². The summed E-state index contributed by atoms with van der Waals surface area (Å²) in [5.74, 6) is 1.23. The van der Waals surface area contributed by atoms with Crippen molar-refractivity contribution in [2.45, 2.75) is 46.3 Å². The normalized spacial score (nSPS) is 19.6. The van der Waals surface area contributed by atoms with Crippen LogP contribution in [0, 0.1) is 5.41 Å². The van der Waals surface area contributed by atoms with Crippen LogP contribution in [-0.4, -0.2) is 30.1 Å². The molecule has 1 aliphatic carbocycles. The van der Waals surface area contributed by atoms with Crippen LogP contribution < -0.4 is 10.1 Å². The molecule has 5 nitrogen and oxygen atoms in total. The van der Waals surface area contributed by atoms with Crippen LogP contribution in [0.1, 0.15) is 39.2 Å². The molecule has 168 valence electrons. The van der Waals surface area contributed by atoms with Gasteiger partial charge in [-0.1, -0.05) is 44.2 Å². The van der Waals surface area contributed by atoms with E-state index in [4.69, 9.17) is 14.5 Å². The first-order valence-corrected chi connectivity index (χ1v) is 12.1. The van der Waals surface area contributed by atoms with Gasteiger partial charge in [0, 0.05) is 22.0 Å². The maximum atomic E-state index is 12.2. The molecule has 0 saturated carbocycles. The second kappa shape index (κ2) is 9.82. The highest BCUT2D eigenvalue weighted by Crippen LogP contribution is 2.43. The number of nitrogens with one attached hydrogen (secondary N) is 1. The van der Waals surface area contributed by atoms with Crippen molar-refractivity contribution in [2.75, 3.05) is 17.7 Å². The number of aliphatic imine (C=N–C) groups is 1. The number of thioether (sulfide) groups is 1. The van der Waals surface area contributed by atoms with Crippen LogP contribution >= 0.6 is 11.8 Å². The SMILES string of the molecule is CCOC(=O)C1CSC2=C(Nc3ccc(OCc4ccccc4)cc3)CC(C)(C)CC2=N1. The van der Waals surface area contributed by atoms with Gasteiger partial charge in [-0.2, -0.15) is 0 Å². The van der Waals surface area contributed by atoms with Crippen molar-refractivity contribution < 1.29 is 14.3 Å². The predicted octanol–water partition coefficient (Wildman–Crippen LogP) is 5.83. The lowest BCUT2D eigenvalue weighted by atomic mass is 9.78. The van der Waals surface area contributed by atoms with Crippen LogP contribution in [0.2, 0.25) is 0 Å². The van der Waals surface area contributed by atoms with Crippen LogP contribution in [-0.2, 0) is 16.1 Å². The molecular weight excluding hydrogens is 420 g/mol. The van der Waals surface area contributed by atoms with Crippen molar-refractivity contribution in [1.29, 1.82) is 0 Å². The molecule has 1 atom stereocenters. The first kappa shape index (κ1) is 22.5. The molecule has 6 heteroatoms. The van der Waals surface area contributed by atoms with Gasteiger partial charge in [-0.05, 0) is 55.0 Å². The molecule has 4 rings (SSSR count). The van der Waals surface area contributed by atoms with E-state index in [1.54, 1.807) is 11.8 Å². The van der Waals surface area contributed by atoms with Crippen molar-refractivity contribution in [3.63, 3.8) is 0 Å². The van der Waals surface area contributed by atoms with E-state index >= 15 is 0 Å². The van der Waals surface area contributed by atoms with E-state index in [1.807, 2.05) is 49.4 Å². The van der Waals surface area contributed by atoms with Gasteiger partial charge in [0.15, 0.2) is 6.04 Å². The van der Waals surface area contributed by atoms with Crippen LogP contribution in [0.25, 0.3) is 0 Å². The zero-order chi connectivity index (χ0) is 22.6. The number of allylic oxidation sites excluding steroid dienone is 2. The fourth-order valence-electron chi connectivity index (χ4n) is 4.00. The summed E-state index contributed by atoms with van der Waals surface area (Å²) in [5, 5.41) is 3.61. The molecule has 0 fully saturated rings. The highest BCUT2D eigenvalue weighted by molar-refractivity contribution is 8.04. The number of benzene rings is 2. The Hall–Kier alpha value is -2.73. The number of ether oxygens (including phenoxy) is 2. The minimum atomic E-state index is -0.408. The van der Waals surface area contributed by atoms with Gasteiger partial charge in [-0.15, -0.1) is 11.8 Å². The summed E-state index contributed by atoms with van der Waals surface area (Å²) in [4.78, 5) is 18.2. The molecule has 0 bridgehead atoms. The molecular formula is C26H30N2O3S. The number of fused-ring (bicyclic) bond motifs is 1. The average Bonchev–Trinajstić information content (AvgIpc) is 2.78. The van der Waals surface area contributed by atoms with E-state index in [0.717, 1.165) is 35.6 Å². The summed E-state index contributed by atoms with van der Waals surface area (Å²) >= 11 is 1.71. The van der Waals surface area contributed by atoms with Gasteiger partial charge in [0.2, 0.25) is 0 Å². The van der Waals surface area contributed by atoms with Crippen molar-refractivity contribution in [3.05, 3.63) is 70.8 Å². The Bertz CT molecular complexity index is 1010. The Morgan fingerprint density at radius 2 is 1.88 bits per heavy atom.